The van der Waals surface area contributed by atoms with Crippen molar-refractivity contribution in [1.29, 1.82) is 0 Å². The van der Waals surface area contributed by atoms with Crippen LogP contribution < -0.4 is 20.5 Å². The van der Waals surface area contributed by atoms with Crippen LogP contribution >= 0.6 is 11.6 Å². The number of halogens is 1. The lowest BCUT2D eigenvalue weighted by molar-refractivity contribution is 0.0998. The van der Waals surface area contributed by atoms with E-state index in [1.165, 1.54) is 6.20 Å². The Morgan fingerprint density at radius 2 is 2.04 bits per heavy atom. The smallest absolute Gasteiger partial charge is 0.252 e. The van der Waals surface area contributed by atoms with Gasteiger partial charge in [0.05, 0.1) is 11.3 Å². The molecule has 8 heteroatoms. The van der Waals surface area contributed by atoms with Crippen LogP contribution in [-0.4, -0.2) is 22.7 Å². The van der Waals surface area contributed by atoms with Gasteiger partial charge in [-0.15, -0.1) is 0 Å². The number of carbonyl (C=O) groups is 1. The first-order chi connectivity index (χ1) is 13.1. The Labute approximate surface area is 160 Å². The molecule has 7 nitrogen and oxygen atoms in total. The van der Waals surface area contributed by atoms with E-state index in [-0.39, 0.29) is 12.4 Å². The highest BCUT2D eigenvalue weighted by Crippen LogP contribution is 2.33. The van der Waals surface area contributed by atoms with Gasteiger partial charge in [-0.05, 0) is 35.9 Å². The Kier molecular flexibility index (Phi) is 4.52. The molecule has 0 atom stereocenters. The number of nitrogens with zero attached hydrogens (tertiary/aromatic N) is 2. The Balaban J connectivity index is 1.64. The zero-order valence-electron chi connectivity index (χ0n) is 14.1. The van der Waals surface area contributed by atoms with Gasteiger partial charge in [0.2, 0.25) is 12.7 Å². The largest absolute Gasteiger partial charge is 0.454 e. The standard InChI is InChI=1S/C19H15ClN4O3/c20-12-2-1-3-13(8-12)23-19-22-9-14(18(21)25)15(24-19)6-11-4-5-16-17(7-11)27-10-26-16/h1-5,7-9H,6,10H2,(H2,21,25)(H,22,23,24). The summed E-state index contributed by atoms with van der Waals surface area (Å²) in [5, 5.41) is 3.67. The van der Waals surface area contributed by atoms with Crippen molar-refractivity contribution in [1.82, 2.24) is 9.97 Å². The summed E-state index contributed by atoms with van der Waals surface area (Å²) >= 11 is 6.00. The highest BCUT2D eigenvalue weighted by Gasteiger charge is 2.17. The summed E-state index contributed by atoms with van der Waals surface area (Å²) in [5.41, 5.74) is 7.91. The average Bonchev–Trinajstić information content (AvgIpc) is 3.09. The topological polar surface area (TPSA) is 99.4 Å². The second-order valence-electron chi connectivity index (χ2n) is 5.92. The van der Waals surface area contributed by atoms with E-state index in [1.807, 2.05) is 30.3 Å². The van der Waals surface area contributed by atoms with Crippen molar-refractivity contribution in [3.63, 3.8) is 0 Å². The molecule has 27 heavy (non-hydrogen) atoms. The number of nitrogens with one attached hydrogen (secondary N) is 1. The fourth-order valence-corrected chi connectivity index (χ4v) is 2.95. The first-order valence-corrected chi connectivity index (χ1v) is 8.53. The minimum Gasteiger partial charge on any atom is -0.454 e. The zero-order chi connectivity index (χ0) is 18.8. The van der Waals surface area contributed by atoms with Crippen LogP contribution in [0.4, 0.5) is 11.6 Å². The van der Waals surface area contributed by atoms with E-state index in [4.69, 9.17) is 26.8 Å². The van der Waals surface area contributed by atoms with Crippen molar-refractivity contribution in [3.05, 3.63) is 70.5 Å². The number of carbonyl (C=O) groups excluding carboxylic acids is 1. The fourth-order valence-electron chi connectivity index (χ4n) is 2.76. The van der Waals surface area contributed by atoms with Gasteiger partial charge in [-0.25, -0.2) is 9.97 Å². The minimum absolute atomic E-state index is 0.201. The third kappa shape index (κ3) is 3.78. The van der Waals surface area contributed by atoms with Crippen molar-refractivity contribution in [2.45, 2.75) is 6.42 Å². The Bertz CT molecular complexity index is 1030. The third-order valence-electron chi connectivity index (χ3n) is 4.02. The summed E-state index contributed by atoms with van der Waals surface area (Å²) in [7, 11) is 0. The number of nitrogens with two attached hydrogens (primary N) is 1. The molecule has 1 aliphatic rings. The minimum atomic E-state index is -0.583. The number of hydrogen-bond acceptors (Lipinski definition) is 6. The van der Waals surface area contributed by atoms with Crippen LogP contribution in [0, 0.1) is 0 Å². The maximum absolute atomic E-state index is 11.8. The van der Waals surface area contributed by atoms with E-state index in [0.717, 1.165) is 11.3 Å². The van der Waals surface area contributed by atoms with Gasteiger partial charge in [0.1, 0.15) is 0 Å². The number of ether oxygens (including phenoxy) is 2. The number of anilines is 2. The first-order valence-electron chi connectivity index (χ1n) is 8.15. The number of rotatable bonds is 5. The Morgan fingerprint density at radius 1 is 1.19 bits per heavy atom. The number of amides is 1. The molecule has 136 valence electrons. The Morgan fingerprint density at radius 3 is 2.85 bits per heavy atom. The van der Waals surface area contributed by atoms with Crippen LogP contribution in [0.1, 0.15) is 21.6 Å². The maximum atomic E-state index is 11.8. The van der Waals surface area contributed by atoms with Gasteiger partial charge < -0.3 is 20.5 Å². The van der Waals surface area contributed by atoms with Gasteiger partial charge >= 0.3 is 0 Å². The second kappa shape index (κ2) is 7.13. The molecule has 0 bridgehead atoms. The lowest BCUT2D eigenvalue weighted by atomic mass is 10.1. The number of primary amides is 1. The van der Waals surface area contributed by atoms with E-state index in [0.29, 0.717) is 34.6 Å². The van der Waals surface area contributed by atoms with Crippen molar-refractivity contribution in [2.24, 2.45) is 5.73 Å². The SMILES string of the molecule is NC(=O)c1cnc(Nc2cccc(Cl)c2)nc1Cc1ccc2c(c1)OCO2. The summed E-state index contributed by atoms with van der Waals surface area (Å²) in [4.78, 5) is 20.4. The van der Waals surface area contributed by atoms with E-state index < -0.39 is 5.91 Å². The molecule has 0 saturated heterocycles. The number of aromatic nitrogens is 2. The van der Waals surface area contributed by atoms with E-state index >= 15 is 0 Å². The molecule has 0 radical (unpaired) electrons. The van der Waals surface area contributed by atoms with Crippen LogP contribution in [0.5, 0.6) is 11.5 Å². The summed E-state index contributed by atoms with van der Waals surface area (Å²) in [6.07, 6.45) is 1.81. The molecule has 0 aliphatic carbocycles. The molecule has 1 aromatic heterocycles. The first kappa shape index (κ1) is 17.1. The maximum Gasteiger partial charge on any atom is 0.252 e. The number of fused-ring (bicyclic) bond motifs is 1. The van der Waals surface area contributed by atoms with Crippen molar-refractivity contribution >= 4 is 29.1 Å². The molecule has 0 unspecified atom stereocenters. The van der Waals surface area contributed by atoms with Gasteiger partial charge in [0.25, 0.3) is 5.91 Å². The fraction of sp³-hybridized carbons (Fsp3) is 0.105. The normalized spacial score (nSPS) is 12.0. The van der Waals surface area contributed by atoms with E-state index in [9.17, 15) is 4.79 Å². The van der Waals surface area contributed by atoms with E-state index in [1.54, 1.807) is 12.1 Å². The van der Waals surface area contributed by atoms with Crippen LogP contribution in [0.15, 0.2) is 48.7 Å². The molecule has 1 amide bonds. The monoisotopic (exact) mass is 382 g/mol. The Hall–Kier alpha value is -3.32. The number of benzene rings is 2. The summed E-state index contributed by atoms with van der Waals surface area (Å²) in [5.74, 6) is 1.12. The summed E-state index contributed by atoms with van der Waals surface area (Å²) in [6.45, 7) is 0.201. The van der Waals surface area contributed by atoms with Gasteiger partial charge in [0.15, 0.2) is 11.5 Å². The van der Waals surface area contributed by atoms with Crippen molar-refractivity contribution < 1.29 is 14.3 Å². The van der Waals surface area contributed by atoms with Gasteiger partial charge in [-0.1, -0.05) is 23.7 Å². The van der Waals surface area contributed by atoms with Crippen LogP contribution in [0.25, 0.3) is 0 Å². The van der Waals surface area contributed by atoms with Gasteiger partial charge in [-0.2, -0.15) is 0 Å². The van der Waals surface area contributed by atoms with Gasteiger partial charge in [0, 0.05) is 23.3 Å². The van der Waals surface area contributed by atoms with Crippen LogP contribution in [-0.2, 0) is 6.42 Å². The molecular formula is C19H15ClN4O3. The lowest BCUT2D eigenvalue weighted by Gasteiger charge is -2.10. The molecule has 2 aromatic carbocycles. The molecule has 3 aromatic rings. The van der Waals surface area contributed by atoms with Crippen LogP contribution in [0.2, 0.25) is 5.02 Å². The summed E-state index contributed by atoms with van der Waals surface area (Å²) in [6, 6.07) is 12.8. The second-order valence-corrected chi connectivity index (χ2v) is 6.35. The quantitative estimate of drug-likeness (QED) is 0.702. The van der Waals surface area contributed by atoms with E-state index in [2.05, 4.69) is 15.3 Å². The summed E-state index contributed by atoms with van der Waals surface area (Å²) < 4.78 is 10.7. The molecular weight excluding hydrogens is 368 g/mol. The molecule has 4 rings (SSSR count). The third-order valence-corrected chi connectivity index (χ3v) is 4.26. The predicted octanol–water partition coefficient (Wildman–Crippen LogP) is 3.29. The molecule has 3 N–H and O–H groups in total. The van der Waals surface area contributed by atoms with Gasteiger partial charge in [-0.3, -0.25) is 4.79 Å². The molecule has 0 fully saturated rings. The predicted molar refractivity (Wildman–Crippen MR) is 101 cm³/mol. The molecule has 0 saturated carbocycles. The molecule has 2 heterocycles. The number of hydrogen-bond donors (Lipinski definition) is 2. The highest BCUT2D eigenvalue weighted by molar-refractivity contribution is 6.30. The van der Waals surface area contributed by atoms with Crippen molar-refractivity contribution in [2.75, 3.05) is 12.1 Å². The average molecular weight is 383 g/mol. The lowest BCUT2D eigenvalue weighted by Crippen LogP contribution is -2.16. The highest BCUT2D eigenvalue weighted by atomic mass is 35.5. The zero-order valence-corrected chi connectivity index (χ0v) is 14.9. The molecule has 1 aliphatic heterocycles. The van der Waals surface area contributed by atoms with Crippen molar-refractivity contribution in [3.8, 4) is 11.5 Å². The molecule has 0 spiro atoms. The van der Waals surface area contributed by atoms with Crippen LogP contribution in [0.3, 0.4) is 0 Å².